The number of ketones is 2. The Morgan fingerprint density at radius 1 is 1.45 bits per heavy atom. The van der Waals surface area contributed by atoms with Crippen molar-refractivity contribution in [3.05, 3.63) is 29.5 Å². The molecule has 2 fully saturated rings. The molecular weight excluding hydrogens is 258 g/mol. The summed E-state index contributed by atoms with van der Waals surface area (Å²) in [6, 6.07) is 0.419. The summed E-state index contributed by atoms with van der Waals surface area (Å²) in [6.07, 6.45) is 0. The number of Topliss-reactive ketones (excluding diaryl/α,β-unsaturated/α-hetero) is 2. The second-order valence-electron chi connectivity index (χ2n) is 5.83. The predicted octanol–water partition coefficient (Wildman–Crippen LogP) is -0.912. The molecule has 4 unspecified atom stereocenters. The summed E-state index contributed by atoms with van der Waals surface area (Å²) in [5.41, 5.74) is 6.26. The summed E-state index contributed by atoms with van der Waals surface area (Å²) >= 11 is 0. The van der Waals surface area contributed by atoms with Crippen molar-refractivity contribution in [2.45, 2.75) is 24.7 Å². The van der Waals surface area contributed by atoms with Gasteiger partial charge in [0.2, 0.25) is 11.6 Å². The zero-order valence-electron chi connectivity index (χ0n) is 11.4. The van der Waals surface area contributed by atoms with Crippen molar-refractivity contribution in [2.75, 3.05) is 13.7 Å². The van der Waals surface area contributed by atoms with Crippen LogP contribution in [0.3, 0.4) is 0 Å². The molecule has 0 bridgehead atoms. The third-order valence-corrected chi connectivity index (χ3v) is 5.08. The van der Waals surface area contributed by atoms with Crippen LogP contribution >= 0.6 is 0 Å². The third-order valence-electron chi connectivity index (χ3n) is 5.08. The van der Waals surface area contributed by atoms with Crippen molar-refractivity contribution in [1.82, 2.24) is 10.2 Å². The fourth-order valence-corrected chi connectivity index (χ4v) is 3.94. The summed E-state index contributed by atoms with van der Waals surface area (Å²) < 4.78 is 5.74. The van der Waals surface area contributed by atoms with Crippen molar-refractivity contribution in [3.63, 3.8) is 0 Å². The number of nitrogens with two attached hydrogens (primary N) is 1. The molecule has 6 heteroatoms. The Balaban J connectivity index is 1.90. The molecule has 3 N–H and O–H groups in total. The number of nitrogens with zero attached hydrogens (tertiary/aromatic N) is 1. The Kier molecular flexibility index (Phi) is 2.01. The number of fused-ring (bicyclic) bond motifs is 4. The van der Waals surface area contributed by atoms with E-state index in [9.17, 15) is 9.59 Å². The van der Waals surface area contributed by atoms with Gasteiger partial charge >= 0.3 is 0 Å². The maximum Gasteiger partial charge on any atom is 0.207 e. The van der Waals surface area contributed by atoms with Gasteiger partial charge in [-0.3, -0.25) is 9.59 Å². The molecule has 20 heavy (non-hydrogen) atoms. The lowest BCUT2D eigenvalue weighted by atomic mass is 9.83. The molecular formula is C14H16N3O3. The Bertz CT molecular complexity index is 636. The number of nitrogens with one attached hydrogen (secondary N) is 1. The van der Waals surface area contributed by atoms with E-state index in [1.54, 1.807) is 14.0 Å². The van der Waals surface area contributed by atoms with Crippen LogP contribution in [0.2, 0.25) is 0 Å². The van der Waals surface area contributed by atoms with Gasteiger partial charge in [-0.2, -0.15) is 0 Å². The molecule has 4 rings (SSSR count). The average Bonchev–Trinajstić information content (AvgIpc) is 3.06. The van der Waals surface area contributed by atoms with Crippen LogP contribution in [-0.4, -0.2) is 47.9 Å². The van der Waals surface area contributed by atoms with Crippen LogP contribution in [0.25, 0.3) is 0 Å². The van der Waals surface area contributed by atoms with Gasteiger partial charge in [-0.15, -0.1) is 0 Å². The highest BCUT2D eigenvalue weighted by Crippen LogP contribution is 2.55. The molecule has 2 saturated heterocycles. The monoisotopic (exact) mass is 274 g/mol. The van der Waals surface area contributed by atoms with Crippen molar-refractivity contribution in [3.8, 4) is 0 Å². The van der Waals surface area contributed by atoms with Crippen molar-refractivity contribution in [2.24, 2.45) is 11.7 Å². The van der Waals surface area contributed by atoms with E-state index in [0.717, 1.165) is 0 Å². The fraction of sp³-hybridized carbons (Fsp3) is 0.500. The van der Waals surface area contributed by atoms with Crippen LogP contribution in [0, 0.1) is 12.8 Å². The summed E-state index contributed by atoms with van der Waals surface area (Å²) in [5.74, 6) is -0.873. The quantitative estimate of drug-likeness (QED) is 0.475. The molecule has 105 valence electrons. The van der Waals surface area contributed by atoms with Crippen LogP contribution in [0.4, 0.5) is 0 Å². The molecule has 4 atom stereocenters. The molecule has 0 aromatic heterocycles. The Morgan fingerprint density at radius 3 is 2.80 bits per heavy atom. The molecule has 0 spiro atoms. The van der Waals surface area contributed by atoms with Crippen LogP contribution in [0.15, 0.2) is 22.5 Å². The van der Waals surface area contributed by atoms with Crippen LogP contribution in [0.5, 0.6) is 0 Å². The topological polar surface area (TPSA) is 94.6 Å². The van der Waals surface area contributed by atoms with Gasteiger partial charge in [0, 0.05) is 36.8 Å². The molecule has 0 aromatic rings. The van der Waals surface area contributed by atoms with Crippen molar-refractivity contribution in [1.29, 1.82) is 0 Å². The first kappa shape index (κ1) is 12.1. The first-order chi connectivity index (χ1) is 9.45. The minimum Gasteiger partial charge on any atom is -0.395 e. The number of hydrogen-bond donors (Lipinski definition) is 2. The molecule has 0 amide bonds. The van der Waals surface area contributed by atoms with E-state index in [0.29, 0.717) is 29.4 Å². The van der Waals surface area contributed by atoms with Crippen LogP contribution in [-0.2, 0) is 14.3 Å². The van der Waals surface area contributed by atoms with Gasteiger partial charge in [0.25, 0.3) is 0 Å². The smallest absolute Gasteiger partial charge is 0.207 e. The number of allylic oxidation sites excluding steroid dienone is 2. The van der Waals surface area contributed by atoms with Gasteiger partial charge < -0.3 is 20.7 Å². The highest BCUT2D eigenvalue weighted by atomic mass is 16.5. The number of hydrogen-bond acceptors (Lipinski definition) is 6. The first-order valence-electron chi connectivity index (χ1n) is 6.67. The first-order valence-corrected chi connectivity index (χ1v) is 6.67. The van der Waals surface area contributed by atoms with Gasteiger partial charge in [-0.25, -0.2) is 0 Å². The predicted molar refractivity (Wildman–Crippen MR) is 69.9 cm³/mol. The Labute approximate surface area is 116 Å². The van der Waals surface area contributed by atoms with Gasteiger partial charge in [-0.05, 0) is 13.8 Å². The lowest BCUT2D eigenvalue weighted by Gasteiger charge is -2.38. The highest BCUT2D eigenvalue weighted by molar-refractivity contribution is 6.25. The molecule has 1 radical (unpaired) electrons. The van der Waals surface area contributed by atoms with Crippen molar-refractivity contribution < 1.29 is 14.3 Å². The molecule has 4 aliphatic rings. The number of carbonyl (C=O) groups excluding carboxylic acids is 2. The summed E-state index contributed by atoms with van der Waals surface area (Å²) in [7, 11) is 1.60. The summed E-state index contributed by atoms with van der Waals surface area (Å²) in [6.45, 7) is 6.37. The summed E-state index contributed by atoms with van der Waals surface area (Å²) in [5, 5.41) is 3.32. The minimum absolute atomic E-state index is 0.0372. The van der Waals surface area contributed by atoms with E-state index in [1.807, 2.05) is 4.90 Å². The maximum absolute atomic E-state index is 12.5. The van der Waals surface area contributed by atoms with Gasteiger partial charge in [0.1, 0.15) is 0 Å². The molecule has 3 aliphatic heterocycles. The highest BCUT2D eigenvalue weighted by Gasteiger charge is 2.71. The SMILES string of the molecule is [CH2]C1C2=C(C(=O)C(C)=C(N)C2=O)N2CC3NC3C12OC. The molecule has 0 aromatic carbocycles. The van der Waals surface area contributed by atoms with E-state index in [4.69, 9.17) is 10.5 Å². The molecule has 1 aliphatic carbocycles. The largest absolute Gasteiger partial charge is 0.395 e. The normalized spacial score (nSPS) is 42.1. The van der Waals surface area contributed by atoms with E-state index >= 15 is 0 Å². The fourth-order valence-electron chi connectivity index (χ4n) is 3.94. The number of carbonyl (C=O) groups is 2. The van der Waals surface area contributed by atoms with Gasteiger partial charge in [0.05, 0.1) is 17.4 Å². The lowest BCUT2D eigenvalue weighted by molar-refractivity contribution is -0.126. The van der Waals surface area contributed by atoms with Gasteiger partial charge in [-0.1, -0.05) is 0 Å². The third kappa shape index (κ3) is 1.02. The number of ether oxygens (including phenoxy) is 1. The van der Waals surface area contributed by atoms with E-state index in [2.05, 4.69) is 12.2 Å². The number of methoxy groups -OCH3 is 1. The number of piperazine rings is 1. The van der Waals surface area contributed by atoms with Crippen molar-refractivity contribution >= 4 is 11.6 Å². The average molecular weight is 274 g/mol. The Morgan fingerprint density at radius 2 is 2.15 bits per heavy atom. The molecule has 3 heterocycles. The van der Waals surface area contributed by atoms with E-state index < -0.39 is 11.6 Å². The van der Waals surface area contributed by atoms with E-state index in [1.165, 1.54) is 0 Å². The molecule has 0 saturated carbocycles. The lowest BCUT2D eigenvalue weighted by Crippen LogP contribution is -2.53. The van der Waals surface area contributed by atoms with Gasteiger partial charge in [0.15, 0.2) is 5.72 Å². The minimum atomic E-state index is -0.731. The second-order valence-corrected chi connectivity index (χ2v) is 5.83. The molecule has 6 nitrogen and oxygen atoms in total. The zero-order valence-corrected chi connectivity index (χ0v) is 11.4. The number of rotatable bonds is 1. The van der Waals surface area contributed by atoms with Crippen LogP contribution in [0.1, 0.15) is 6.92 Å². The zero-order chi connectivity index (χ0) is 14.4. The van der Waals surface area contributed by atoms with E-state index in [-0.39, 0.29) is 23.3 Å². The Hall–Kier alpha value is -1.66. The standard InChI is InChI=1S/C14H16N3O3/c1-5-9(15)12(19)8-6(2)14(20-3)13-7(16-13)4-17(14)10(8)11(5)18/h6-7,13,16H,2,4,15H2,1,3H3. The summed E-state index contributed by atoms with van der Waals surface area (Å²) in [4.78, 5) is 26.9. The maximum atomic E-state index is 12.5. The second kappa shape index (κ2) is 3.32. The van der Waals surface area contributed by atoms with Crippen LogP contribution < -0.4 is 11.1 Å².